The molecule has 0 aromatic carbocycles. The number of ether oxygens (including phenoxy) is 1. The highest BCUT2D eigenvalue weighted by Gasteiger charge is 2.18. The Balaban J connectivity index is 1.91. The normalized spacial score (nSPS) is 10.6. The van der Waals surface area contributed by atoms with Gasteiger partial charge in [0, 0.05) is 43.6 Å². The first-order chi connectivity index (χ1) is 14.0. The van der Waals surface area contributed by atoms with Crippen molar-refractivity contribution in [3.8, 4) is 6.07 Å². The van der Waals surface area contributed by atoms with Crippen LogP contribution in [0.1, 0.15) is 26.4 Å². The van der Waals surface area contributed by atoms with Crippen molar-refractivity contribution in [2.45, 2.75) is 0 Å². The number of hydrogen-bond acceptors (Lipinski definition) is 7. The molecular weight excluding hydrogens is 440 g/mol. The highest BCUT2D eigenvalue weighted by Crippen LogP contribution is 2.25. The van der Waals surface area contributed by atoms with E-state index >= 15 is 0 Å². The molecule has 0 aliphatic carbocycles. The molecule has 0 unspecified atom stereocenters. The molecule has 148 valence electrons. The van der Waals surface area contributed by atoms with Gasteiger partial charge < -0.3 is 19.9 Å². The van der Waals surface area contributed by atoms with E-state index in [1.807, 2.05) is 0 Å². The maximum atomic E-state index is 12.8. The number of nitriles is 1. The van der Waals surface area contributed by atoms with Crippen molar-refractivity contribution in [3.05, 3.63) is 45.8 Å². The van der Waals surface area contributed by atoms with Crippen molar-refractivity contribution in [2.24, 2.45) is 7.05 Å². The Bertz CT molecular complexity index is 1140. The van der Waals surface area contributed by atoms with E-state index in [4.69, 9.17) is 4.74 Å². The number of fused-ring (bicyclic) bond motifs is 1. The zero-order chi connectivity index (χ0) is 21.0. The third-order valence-corrected chi connectivity index (χ3v) is 4.82. The number of anilines is 2. The molecule has 0 atom stereocenters. The number of amides is 1. The summed E-state index contributed by atoms with van der Waals surface area (Å²) in [6, 6.07) is 5.37. The van der Waals surface area contributed by atoms with E-state index in [1.54, 1.807) is 37.1 Å². The summed E-state index contributed by atoms with van der Waals surface area (Å²) in [5.41, 5.74) is 2.51. The van der Waals surface area contributed by atoms with Gasteiger partial charge in [-0.1, -0.05) is 0 Å². The van der Waals surface area contributed by atoms with Crippen molar-refractivity contribution in [1.29, 1.82) is 5.26 Å². The fourth-order valence-electron chi connectivity index (χ4n) is 2.76. The van der Waals surface area contributed by atoms with E-state index in [1.165, 1.54) is 6.20 Å². The molecular formula is C19H17BrN6O3. The van der Waals surface area contributed by atoms with E-state index < -0.39 is 5.91 Å². The lowest BCUT2D eigenvalue weighted by atomic mass is 10.2. The fraction of sp³-hybridized carbons (Fsp3) is 0.211. The second-order valence-corrected chi connectivity index (χ2v) is 6.95. The van der Waals surface area contributed by atoms with Gasteiger partial charge in [-0.15, -0.1) is 0 Å². The van der Waals surface area contributed by atoms with E-state index in [-0.39, 0.29) is 11.5 Å². The predicted molar refractivity (Wildman–Crippen MR) is 111 cm³/mol. The number of rotatable bonds is 7. The lowest BCUT2D eigenvalue weighted by Gasteiger charge is -2.10. The number of aldehydes is 1. The number of halogens is 1. The monoisotopic (exact) mass is 456 g/mol. The molecule has 3 heterocycles. The van der Waals surface area contributed by atoms with E-state index in [9.17, 15) is 14.9 Å². The number of aryl methyl sites for hydroxylation is 1. The summed E-state index contributed by atoms with van der Waals surface area (Å²) in [7, 11) is 3.36. The van der Waals surface area contributed by atoms with Crippen molar-refractivity contribution < 1.29 is 14.3 Å². The quantitative estimate of drug-likeness (QED) is 0.413. The molecule has 0 saturated carbocycles. The topological polar surface area (TPSA) is 122 Å². The SMILES string of the molecule is COCCNc1cc(NC(=O)c2cn(C)c3cc(Br)c(C=O)nc23)ncc1C#N. The largest absolute Gasteiger partial charge is 0.383 e. The lowest BCUT2D eigenvalue weighted by Crippen LogP contribution is -2.14. The fourth-order valence-corrected chi connectivity index (χ4v) is 3.16. The minimum absolute atomic E-state index is 0.207. The summed E-state index contributed by atoms with van der Waals surface area (Å²) in [6.45, 7) is 0.963. The summed E-state index contributed by atoms with van der Waals surface area (Å²) in [4.78, 5) is 32.5. The van der Waals surface area contributed by atoms with Crippen molar-refractivity contribution in [1.82, 2.24) is 14.5 Å². The van der Waals surface area contributed by atoms with Crippen LogP contribution in [0.4, 0.5) is 11.5 Å². The number of pyridine rings is 2. The number of carbonyl (C=O) groups excluding carboxylic acids is 2. The standard InChI is InChI=1S/C19H17BrN6O3/c1-26-9-12(18-16(26)5-13(20)15(10-27)24-18)19(28)25-17-6-14(22-3-4-29-2)11(7-21)8-23-17/h5-6,8-10H,3-4H2,1-2H3,(H2,22,23,25,28). The molecule has 3 rings (SSSR count). The number of hydrogen-bond donors (Lipinski definition) is 2. The molecule has 0 fully saturated rings. The maximum Gasteiger partial charge on any atom is 0.260 e. The zero-order valence-electron chi connectivity index (χ0n) is 15.7. The average molecular weight is 457 g/mol. The number of nitrogens with zero attached hydrogens (tertiary/aromatic N) is 4. The molecule has 3 aromatic heterocycles. The molecule has 0 bridgehead atoms. The molecule has 9 nitrogen and oxygen atoms in total. The Morgan fingerprint density at radius 2 is 2.24 bits per heavy atom. The number of aromatic nitrogens is 3. The Hall–Kier alpha value is -3.29. The number of methoxy groups -OCH3 is 1. The maximum absolute atomic E-state index is 12.8. The minimum Gasteiger partial charge on any atom is -0.383 e. The molecule has 2 N–H and O–H groups in total. The summed E-state index contributed by atoms with van der Waals surface area (Å²) >= 11 is 3.30. The third kappa shape index (κ3) is 4.26. The van der Waals surface area contributed by atoms with Gasteiger partial charge in [-0.25, -0.2) is 9.97 Å². The molecule has 0 aliphatic heterocycles. The summed E-state index contributed by atoms with van der Waals surface area (Å²) in [5.74, 6) is -0.152. The number of nitrogens with one attached hydrogen (secondary N) is 2. The molecule has 0 spiro atoms. The third-order valence-electron chi connectivity index (χ3n) is 4.18. The van der Waals surface area contributed by atoms with Gasteiger partial charge in [-0.2, -0.15) is 5.26 Å². The van der Waals surface area contributed by atoms with Crippen LogP contribution in [0, 0.1) is 11.3 Å². The van der Waals surface area contributed by atoms with Gasteiger partial charge in [0.15, 0.2) is 6.29 Å². The van der Waals surface area contributed by atoms with Crippen molar-refractivity contribution in [3.63, 3.8) is 0 Å². The molecule has 0 saturated heterocycles. The Kier molecular flexibility index (Phi) is 6.21. The van der Waals surface area contributed by atoms with E-state index in [0.29, 0.717) is 51.8 Å². The molecule has 0 radical (unpaired) electrons. The molecule has 29 heavy (non-hydrogen) atoms. The smallest absolute Gasteiger partial charge is 0.260 e. The Morgan fingerprint density at radius 1 is 1.45 bits per heavy atom. The van der Waals surface area contributed by atoms with Crippen LogP contribution in [-0.4, -0.2) is 47.0 Å². The second kappa shape index (κ2) is 8.81. The van der Waals surface area contributed by atoms with Crippen LogP contribution in [0.15, 0.2) is 29.0 Å². The first-order valence-electron chi connectivity index (χ1n) is 8.53. The van der Waals surface area contributed by atoms with Gasteiger partial charge in [0.2, 0.25) is 0 Å². The van der Waals surface area contributed by atoms with Crippen LogP contribution in [-0.2, 0) is 11.8 Å². The van der Waals surface area contributed by atoms with E-state index in [0.717, 1.165) is 0 Å². The van der Waals surface area contributed by atoms with Gasteiger partial charge in [0.25, 0.3) is 5.91 Å². The van der Waals surface area contributed by atoms with Crippen LogP contribution >= 0.6 is 15.9 Å². The van der Waals surface area contributed by atoms with Gasteiger partial charge in [0.05, 0.1) is 28.9 Å². The molecule has 0 aliphatic rings. The Labute approximate surface area is 174 Å². The first-order valence-corrected chi connectivity index (χ1v) is 9.32. The van der Waals surface area contributed by atoms with E-state index in [2.05, 4.69) is 42.6 Å². The van der Waals surface area contributed by atoms with Gasteiger partial charge in [-0.05, 0) is 22.0 Å². The van der Waals surface area contributed by atoms with Crippen molar-refractivity contribution in [2.75, 3.05) is 30.9 Å². The molecule has 1 amide bonds. The minimum atomic E-state index is -0.428. The summed E-state index contributed by atoms with van der Waals surface area (Å²) in [5, 5.41) is 15.0. The highest BCUT2D eigenvalue weighted by atomic mass is 79.9. The van der Waals surface area contributed by atoms with Gasteiger partial charge in [-0.3, -0.25) is 9.59 Å². The summed E-state index contributed by atoms with van der Waals surface area (Å²) in [6.07, 6.45) is 3.64. The first kappa shape index (κ1) is 20.4. The van der Waals surface area contributed by atoms with Crippen LogP contribution in [0.2, 0.25) is 0 Å². The van der Waals surface area contributed by atoms with Crippen LogP contribution < -0.4 is 10.6 Å². The van der Waals surface area contributed by atoms with Crippen LogP contribution in [0.5, 0.6) is 0 Å². The summed E-state index contributed by atoms with van der Waals surface area (Å²) < 4.78 is 7.29. The van der Waals surface area contributed by atoms with Crippen molar-refractivity contribution >= 4 is 50.7 Å². The van der Waals surface area contributed by atoms with Crippen LogP contribution in [0.25, 0.3) is 11.0 Å². The second-order valence-electron chi connectivity index (χ2n) is 6.10. The average Bonchev–Trinajstić information content (AvgIpc) is 3.03. The van der Waals surface area contributed by atoms with Gasteiger partial charge in [0.1, 0.15) is 23.1 Å². The lowest BCUT2D eigenvalue weighted by molar-refractivity contribution is 0.102. The van der Waals surface area contributed by atoms with Crippen LogP contribution in [0.3, 0.4) is 0 Å². The Morgan fingerprint density at radius 3 is 2.93 bits per heavy atom. The molecule has 3 aromatic rings. The highest BCUT2D eigenvalue weighted by molar-refractivity contribution is 9.10. The van der Waals surface area contributed by atoms with Gasteiger partial charge >= 0.3 is 0 Å². The zero-order valence-corrected chi connectivity index (χ0v) is 17.3. The molecule has 10 heteroatoms. The number of carbonyl (C=O) groups is 2. The predicted octanol–water partition coefficient (Wildman–Crippen LogP) is 2.73.